The van der Waals surface area contributed by atoms with E-state index in [1.54, 1.807) is 13.2 Å². The Balaban J connectivity index is 1.54. The monoisotopic (exact) mass is 271 g/mol. The van der Waals surface area contributed by atoms with Gasteiger partial charge < -0.3 is 10.1 Å². The molecule has 0 aromatic heterocycles. The molecule has 1 aromatic carbocycles. The number of benzene rings is 1. The zero-order valence-corrected chi connectivity index (χ0v) is 11.8. The summed E-state index contributed by atoms with van der Waals surface area (Å²) in [4.78, 5) is 11.9. The highest BCUT2D eigenvalue weighted by Crippen LogP contribution is 2.44. The quantitative estimate of drug-likeness (QED) is 0.855. The number of hydrogen-bond acceptors (Lipinski definition) is 2. The summed E-state index contributed by atoms with van der Waals surface area (Å²) in [6, 6.07) is 8.09. The van der Waals surface area contributed by atoms with E-state index in [0.29, 0.717) is 6.04 Å². The summed E-state index contributed by atoms with van der Waals surface area (Å²) in [5, 5.41) is 3.15. The molecule has 2 saturated carbocycles. The van der Waals surface area contributed by atoms with Crippen molar-refractivity contribution in [3.8, 4) is 5.75 Å². The first-order valence-corrected chi connectivity index (χ1v) is 7.37. The van der Waals surface area contributed by atoms with Crippen LogP contribution in [0.1, 0.15) is 31.2 Å². The average Bonchev–Trinajstić information content (AvgIpc) is 3.08. The fourth-order valence-corrected chi connectivity index (χ4v) is 3.54. The minimum Gasteiger partial charge on any atom is -0.497 e. The molecule has 106 valence electrons. The lowest BCUT2D eigenvalue weighted by Gasteiger charge is -2.22. The lowest BCUT2D eigenvalue weighted by Crippen LogP contribution is -2.37. The maximum absolute atomic E-state index is 11.9. The lowest BCUT2D eigenvalue weighted by molar-refractivity contribution is -0.117. The summed E-state index contributed by atoms with van der Waals surface area (Å²) in [7, 11) is 1.65. The molecule has 3 nitrogen and oxygen atoms in total. The standard InChI is InChI=1S/C17H21NO2/c1-20-15-7-3-12(4-8-15)5-9-17(19)18-16-11-13-2-6-14(16)10-13/h3-5,7-9,13-14,16H,2,6,10-11H2,1H3,(H,18,19)/b9-5+/t13-,14+,16+/m0/s1. The molecule has 1 N–H and O–H groups in total. The van der Waals surface area contributed by atoms with E-state index in [1.807, 2.05) is 30.3 Å². The first-order valence-electron chi connectivity index (χ1n) is 7.37. The molecule has 0 spiro atoms. The number of nitrogens with one attached hydrogen (secondary N) is 1. The van der Waals surface area contributed by atoms with Crippen LogP contribution in [0.15, 0.2) is 30.3 Å². The first-order chi connectivity index (χ1) is 9.74. The van der Waals surface area contributed by atoms with Gasteiger partial charge in [0.25, 0.3) is 0 Å². The van der Waals surface area contributed by atoms with Gasteiger partial charge in [-0.25, -0.2) is 0 Å². The van der Waals surface area contributed by atoms with E-state index in [4.69, 9.17) is 4.74 Å². The molecule has 3 rings (SSSR count). The Morgan fingerprint density at radius 3 is 2.65 bits per heavy atom. The molecule has 3 atom stereocenters. The van der Waals surface area contributed by atoms with Crippen LogP contribution in [0.2, 0.25) is 0 Å². The molecule has 0 unspecified atom stereocenters. The van der Waals surface area contributed by atoms with Crippen molar-refractivity contribution in [2.45, 2.75) is 31.7 Å². The Morgan fingerprint density at radius 2 is 2.05 bits per heavy atom. The highest BCUT2D eigenvalue weighted by atomic mass is 16.5. The van der Waals surface area contributed by atoms with E-state index in [1.165, 1.54) is 25.7 Å². The number of ether oxygens (including phenoxy) is 1. The molecule has 1 aromatic rings. The smallest absolute Gasteiger partial charge is 0.244 e. The average molecular weight is 271 g/mol. The van der Waals surface area contributed by atoms with Crippen LogP contribution in [0, 0.1) is 11.8 Å². The molecule has 2 bridgehead atoms. The van der Waals surface area contributed by atoms with E-state index in [9.17, 15) is 4.79 Å². The Kier molecular flexibility index (Phi) is 3.77. The second-order valence-electron chi connectivity index (χ2n) is 5.90. The summed E-state index contributed by atoms with van der Waals surface area (Å²) >= 11 is 0. The van der Waals surface area contributed by atoms with Crippen LogP contribution in [-0.2, 0) is 4.79 Å². The predicted molar refractivity (Wildman–Crippen MR) is 79.4 cm³/mol. The Morgan fingerprint density at radius 1 is 1.25 bits per heavy atom. The number of rotatable bonds is 4. The molecule has 0 heterocycles. The van der Waals surface area contributed by atoms with Crippen LogP contribution >= 0.6 is 0 Å². The maximum Gasteiger partial charge on any atom is 0.244 e. The summed E-state index contributed by atoms with van der Waals surface area (Å²) in [6.07, 6.45) is 8.62. The highest BCUT2D eigenvalue weighted by molar-refractivity contribution is 5.91. The number of amides is 1. The third-order valence-corrected chi connectivity index (χ3v) is 4.61. The minimum absolute atomic E-state index is 0.0263. The van der Waals surface area contributed by atoms with Gasteiger partial charge in [0, 0.05) is 12.1 Å². The molecular weight excluding hydrogens is 250 g/mol. The maximum atomic E-state index is 11.9. The van der Waals surface area contributed by atoms with E-state index in [0.717, 1.165) is 23.1 Å². The highest BCUT2D eigenvalue weighted by Gasteiger charge is 2.39. The van der Waals surface area contributed by atoms with E-state index < -0.39 is 0 Å². The van der Waals surface area contributed by atoms with Gasteiger partial charge in [-0.2, -0.15) is 0 Å². The van der Waals surface area contributed by atoms with Crippen molar-refractivity contribution in [1.29, 1.82) is 0 Å². The summed E-state index contributed by atoms with van der Waals surface area (Å²) < 4.78 is 5.11. The number of carbonyl (C=O) groups excluding carboxylic acids is 1. The SMILES string of the molecule is COc1ccc(/C=C/C(=O)N[C@@H]2C[C@H]3CC[C@@H]2C3)cc1. The van der Waals surface area contributed by atoms with Gasteiger partial charge in [-0.3, -0.25) is 4.79 Å². The predicted octanol–water partition coefficient (Wildman–Crippen LogP) is 3.01. The zero-order chi connectivity index (χ0) is 13.9. The molecule has 20 heavy (non-hydrogen) atoms. The number of hydrogen-bond donors (Lipinski definition) is 1. The molecular formula is C17H21NO2. The second kappa shape index (κ2) is 5.70. The van der Waals surface area contributed by atoms with Crippen molar-refractivity contribution in [1.82, 2.24) is 5.32 Å². The fourth-order valence-electron chi connectivity index (χ4n) is 3.54. The van der Waals surface area contributed by atoms with Crippen molar-refractivity contribution in [2.24, 2.45) is 11.8 Å². The first kappa shape index (κ1) is 13.2. The van der Waals surface area contributed by atoms with Crippen LogP contribution in [0.5, 0.6) is 5.75 Å². The van der Waals surface area contributed by atoms with Gasteiger partial charge in [0.15, 0.2) is 0 Å². The minimum atomic E-state index is 0.0263. The molecule has 0 aliphatic heterocycles. The van der Waals surface area contributed by atoms with Crippen LogP contribution < -0.4 is 10.1 Å². The van der Waals surface area contributed by atoms with Gasteiger partial charge in [-0.15, -0.1) is 0 Å². The van der Waals surface area contributed by atoms with Gasteiger partial charge in [0.2, 0.25) is 5.91 Å². The van der Waals surface area contributed by atoms with Gasteiger partial charge in [-0.05, 0) is 54.9 Å². The van der Waals surface area contributed by atoms with Crippen LogP contribution in [0.3, 0.4) is 0 Å². The topological polar surface area (TPSA) is 38.3 Å². The largest absolute Gasteiger partial charge is 0.497 e. The Hall–Kier alpha value is -1.77. The van der Waals surface area contributed by atoms with Crippen molar-refractivity contribution < 1.29 is 9.53 Å². The van der Waals surface area contributed by atoms with Crippen molar-refractivity contribution in [2.75, 3.05) is 7.11 Å². The number of fused-ring (bicyclic) bond motifs is 2. The van der Waals surface area contributed by atoms with Crippen LogP contribution in [-0.4, -0.2) is 19.1 Å². The molecule has 1 amide bonds. The zero-order valence-electron chi connectivity index (χ0n) is 11.8. The van der Waals surface area contributed by atoms with E-state index in [2.05, 4.69) is 5.32 Å². The Labute approximate surface area is 120 Å². The summed E-state index contributed by atoms with van der Waals surface area (Å²) in [6.45, 7) is 0. The lowest BCUT2D eigenvalue weighted by atomic mass is 9.95. The van der Waals surface area contributed by atoms with Crippen LogP contribution in [0.25, 0.3) is 6.08 Å². The van der Waals surface area contributed by atoms with Crippen molar-refractivity contribution in [3.05, 3.63) is 35.9 Å². The van der Waals surface area contributed by atoms with Gasteiger partial charge in [-0.1, -0.05) is 18.6 Å². The van der Waals surface area contributed by atoms with Gasteiger partial charge in [0.1, 0.15) is 5.75 Å². The number of methoxy groups -OCH3 is 1. The van der Waals surface area contributed by atoms with E-state index in [-0.39, 0.29) is 5.91 Å². The molecule has 2 aliphatic rings. The number of carbonyl (C=O) groups is 1. The molecule has 2 fully saturated rings. The Bertz CT molecular complexity index is 506. The summed E-state index contributed by atoms with van der Waals surface area (Å²) in [5.74, 6) is 2.43. The third kappa shape index (κ3) is 2.87. The van der Waals surface area contributed by atoms with Crippen molar-refractivity contribution >= 4 is 12.0 Å². The van der Waals surface area contributed by atoms with E-state index >= 15 is 0 Å². The fraction of sp³-hybridized carbons (Fsp3) is 0.471. The molecule has 2 aliphatic carbocycles. The van der Waals surface area contributed by atoms with Gasteiger partial charge in [0.05, 0.1) is 7.11 Å². The van der Waals surface area contributed by atoms with Crippen LogP contribution in [0.4, 0.5) is 0 Å². The normalized spacial score (nSPS) is 27.9. The van der Waals surface area contributed by atoms with Gasteiger partial charge >= 0.3 is 0 Å². The third-order valence-electron chi connectivity index (χ3n) is 4.61. The van der Waals surface area contributed by atoms with Crippen molar-refractivity contribution in [3.63, 3.8) is 0 Å². The molecule has 0 radical (unpaired) electrons. The summed E-state index contributed by atoms with van der Waals surface area (Å²) in [5.41, 5.74) is 1.01. The molecule has 0 saturated heterocycles. The second-order valence-corrected chi connectivity index (χ2v) is 5.90. The molecule has 3 heteroatoms.